The normalized spacial score (nSPS) is 34.3. The number of amidine groups is 1. The lowest BCUT2D eigenvalue weighted by Crippen LogP contribution is -2.48. The van der Waals surface area contributed by atoms with Crippen molar-refractivity contribution < 1.29 is 4.74 Å². The third-order valence-corrected chi connectivity index (χ3v) is 5.24. The van der Waals surface area contributed by atoms with Gasteiger partial charge in [0.1, 0.15) is 0 Å². The molecule has 0 bridgehead atoms. The Bertz CT molecular complexity index is 302. The average Bonchev–Trinajstić information content (AvgIpc) is 2.40. The first-order chi connectivity index (χ1) is 8.63. The molecule has 4 heteroatoms. The van der Waals surface area contributed by atoms with E-state index in [9.17, 15) is 0 Å². The topological polar surface area (TPSA) is 33.6 Å². The summed E-state index contributed by atoms with van der Waals surface area (Å²) < 4.78 is 5.42. The van der Waals surface area contributed by atoms with Crippen molar-refractivity contribution in [3.05, 3.63) is 0 Å². The molecule has 2 aliphatic heterocycles. The molecule has 18 heavy (non-hydrogen) atoms. The molecule has 0 spiro atoms. The van der Waals surface area contributed by atoms with Crippen LogP contribution in [0.25, 0.3) is 0 Å². The lowest BCUT2D eigenvalue weighted by molar-refractivity contribution is 0.0605. The number of ether oxygens (including phenoxy) is 1. The lowest BCUT2D eigenvalue weighted by Gasteiger charge is -2.36. The molecule has 2 unspecified atom stereocenters. The Hall–Kier alpha value is -0.220. The standard InChI is InChI=1S/C14H26N2OS/c1-4-14(3)7-10-18-13(16-14)15-11(2)12-5-8-17-9-6-12/h11-12H,4-10H2,1-3H3,(H,15,16). The molecule has 0 aliphatic carbocycles. The number of hydrogen-bond acceptors (Lipinski definition) is 3. The van der Waals surface area contributed by atoms with Crippen LogP contribution in [0.5, 0.6) is 0 Å². The van der Waals surface area contributed by atoms with Crippen LogP contribution in [0, 0.1) is 5.92 Å². The number of nitrogens with one attached hydrogen (secondary N) is 1. The zero-order valence-electron chi connectivity index (χ0n) is 11.9. The quantitative estimate of drug-likeness (QED) is 0.856. The van der Waals surface area contributed by atoms with Gasteiger partial charge in [-0.2, -0.15) is 0 Å². The molecular weight excluding hydrogens is 244 g/mol. The van der Waals surface area contributed by atoms with Gasteiger partial charge in [-0.1, -0.05) is 18.7 Å². The van der Waals surface area contributed by atoms with Crippen LogP contribution >= 0.6 is 11.8 Å². The molecule has 2 rings (SSSR count). The molecule has 2 fully saturated rings. The third kappa shape index (κ3) is 3.64. The minimum atomic E-state index is 0.249. The van der Waals surface area contributed by atoms with Gasteiger partial charge in [0, 0.05) is 24.5 Å². The molecule has 2 aliphatic rings. The van der Waals surface area contributed by atoms with Gasteiger partial charge >= 0.3 is 0 Å². The second kappa shape index (κ2) is 6.29. The predicted molar refractivity (Wildman–Crippen MR) is 79.3 cm³/mol. The van der Waals surface area contributed by atoms with Crippen LogP contribution in [-0.2, 0) is 4.74 Å². The van der Waals surface area contributed by atoms with Crippen molar-refractivity contribution in [1.29, 1.82) is 0 Å². The second-order valence-corrected chi connectivity index (χ2v) is 6.85. The SMILES string of the molecule is CCC1(C)CCSC(=NC(C)C2CCOCC2)N1. The third-order valence-electron chi connectivity index (χ3n) is 4.35. The zero-order chi connectivity index (χ0) is 13.0. The first-order valence-electron chi connectivity index (χ1n) is 7.19. The van der Waals surface area contributed by atoms with Crippen LogP contribution in [-0.4, -0.2) is 35.7 Å². The lowest BCUT2D eigenvalue weighted by atomic mass is 9.93. The molecule has 0 saturated carbocycles. The van der Waals surface area contributed by atoms with Crippen LogP contribution in [0.2, 0.25) is 0 Å². The summed E-state index contributed by atoms with van der Waals surface area (Å²) >= 11 is 1.88. The van der Waals surface area contributed by atoms with Gasteiger partial charge in [0.25, 0.3) is 0 Å². The predicted octanol–water partition coefficient (Wildman–Crippen LogP) is 3.05. The average molecular weight is 270 g/mol. The summed E-state index contributed by atoms with van der Waals surface area (Å²) in [5.41, 5.74) is 0.249. The Kier molecular flexibility index (Phi) is 4.96. The molecule has 1 N–H and O–H groups in total. The number of aliphatic imine (C=N–C) groups is 1. The van der Waals surface area contributed by atoms with Crippen LogP contribution < -0.4 is 5.32 Å². The Balaban J connectivity index is 1.94. The summed E-state index contributed by atoms with van der Waals surface area (Å²) in [5.74, 6) is 1.89. The van der Waals surface area contributed by atoms with Gasteiger partial charge in [-0.3, -0.25) is 4.99 Å². The molecule has 0 amide bonds. The highest BCUT2D eigenvalue weighted by Gasteiger charge is 2.28. The number of rotatable bonds is 3. The van der Waals surface area contributed by atoms with E-state index in [1.54, 1.807) is 0 Å². The van der Waals surface area contributed by atoms with Gasteiger partial charge in [0.05, 0.1) is 6.04 Å². The van der Waals surface area contributed by atoms with Crippen molar-refractivity contribution in [1.82, 2.24) is 5.32 Å². The van der Waals surface area contributed by atoms with E-state index in [2.05, 4.69) is 26.1 Å². The minimum Gasteiger partial charge on any atom is -0.381 e. The van der Waals surface area contributed by atoms with Crippen molar-refractivity contribution in [2.45, 2.75) is 58.0 Å². The maximum absolute atomic E-state index is 5.42. The van der Waals surface area contributed by atoms with Crippen molar-refractivity contribution in [3.63, 3.8) is 0 Å². The first-order valence-corrected chi connectivity index (χ1v) is 8.18. The summed E-state index contributed by atoms with van der Waals surface area (Å²) in [6.07, 6.45) is 4.72. The molecule has 104 valence electrons. The van der Waals surface area contributed by atoms with Crippen molar-refractivity contribution >= 4 is 16.9 Å². The fraction of sp³-hybridized carbons (Fsp3) is 0.929. The zero-order valence-corrected chi connectivity index (χ0v) is 12.7. The molecule has 2 heterocycles. The van der Waals surface area contributed by atoms with Crippen molar-refractivity contribution in [2.75, 3.05) is 19.0 Å². The molecule has 2 atom stereocenters. The Morgan fingerprint density at radius 2 is 2.22 bits per heavy atom. The van der Waals surface area contributed by atoms with Crippen LogP contribution in [0.1, 0.15) is 46.5 Å². The Morgan fingerprint density at radius 1 is 1.50 bits per heavy atom. The monoisotopic (exact) mass is 270 g/mol. The first kappa shape index (κ1) is 14.2. The Labute approximate surface area is 115 Å². The minimum absolute atomic E-state index is 0.249. The summed E-state index contributed by atoms with van der Waals surface area (Å²) in [5, 5.41) is 4.79. The maximum atomic E-state index is 5.42. The van der Waals surface area contributed by atoms with Crippen LogP contribution in [0.3, 0.4) is 0 Å². The molecule has 2 saturated heterocycles. The highest BCUT2D eigenvalue weighted by Crippen LogP contribution is 2.27. The van der Waals surface area contributed by atoms with E-state index in [0.29, 0.717) is 12.0 Å². The highest BCUT2D eigenvalue weighted by molar-refractivity contribution is 8.13. The van der Waals surface area contributed by atoms with Crippen LogP contribution in [0.15, 0.2) is 4.99 Å². The number of hydrogen-bond donors (Lipinski definition) is 1. The van der Waals surface area contributed by atoms with E-state index in [1.165, 1.54) is 12.2 Å². The fourth-order valence-electron chi connectivity index (χ4n) is 2.55. The van der Waals surface area contributed by atoms with E-state index in [0.717, 1.165) is 37.6 Å². The molecule has 3 nitrogen and oxygen atoms in total. The van der Waals surface area contributed by atoms with Crippen molar-refractivity contribution in [3.8, 4) is 0 Å². The summed E-state index contributed by atoms with van der Waals surface area (Å²) in [6.45, 7) is 8.63. The smallest absolute Gasteiger partial charge is 0.157 e. The molecule has 0 aromatic carbocycles. The van der Waals surface area contributed by atoms with Gasteiger partial charge in [-0.25, -0.2) is 0 Å². The fourth-order valence-corrected chi connectivity index (χ4v) is 3.86. The molecular formula is C14H26N2OS. The highest BCUT2D eigenvalue weighted by atomic mass is 32.2. The van der Waals surface area contributed by atoms with Crippen LogP contribution in [0.4, 0.5) is 0 Å². The van der Waals surface area contributed by atoms with Gasteiger partial charge in [-0.05, 0) is 45.4 Å². The molecule has 0 aromatic heterocycles. The van der Waals surface area contributed by atoms with E-state index in [4.69, 9.17) is 9.73 Å². The summed E-state index contributed by atoms with van der Waals surface area (Å²) in [4.78, 5) is 4.92. The van der Waals surface area contributed by atoms with Gasteiger partial charge in [-0.15, -0.1) is 0 Å². The molecule has 0 aromatic rings. The summed E-state index contributed by atoms with van der Waals surface area (Å²) in [7, 11) is 0. The second-order valence-electron chi connectivity index (χ2n) is 5.76. The molecule has 0 radical (unpaired) electrons. The van der Waals surface area contributed by atoms with E-state index in [-0.39, 0.29) is 5.54 Å². The van der Waals surface area contributed by atoms with E-state index < -0.39 is 0 Å². The number of thioether (sulfide) groups is 1. The van der Waals surface area contributed by atoms with Gasteiger partial charge in [0.15, 0.2) is 5.17 Å². The Morgan fingerprint density at radius 3 is 2.89 bits per heavy atom. The summed E-state index contributed by atoms with van der Waals surface area (Å²) in [6, 6.07) is 0.420. The van der Waals surface area contributed by atoms with E-state index in [1.807, 2.05) is 11.8 Å². The van der Waals surface area contributed by atoms with Gasteiger partial charge < -0.3 is 10.1 Å². The largest absolute Gasteiger partial charge is 0.381 e. The van der Waals surface area contributed by atoms with Gasteiger partial charge in [0.2, 0.25) is 0 Å². The van der Waals surface area contributed by atoms with E-state index >= 15 is 0 Å². The van der Waals surface area contributed by atoms with Crippen molar-refractivity contribution in [2.24, 2.45) is 10.9 Å². The maximum Gasteiger partial charge on any atom is 0.157 e. The number of nitrogens with zero attached hydrogens (tertiary/aromatic N) is 1.